The van der Waals surface area contributed by atoms with Crippen LogP contribution >= 0.6 is 0 Å². The zero-order valence-electron chi connectivity index (χ0n) is 11.1. The fourth-order valence-electron chi connectivity index (χ4n) is 1.44. The molecule has 0 aromatic heterocycles. The lowest BCUT2D eigenvalue weighted by Gasteiger charge is -2.20. The Morgan fingerprint density at radius 1 is 1.39 bits per heavy atom. The number of esters is 1. The van der Waals surface area contributed by atoms with Crippen molar-refractivity contribution in [3.05, 3.63) is 41.5 Å². The van der Waals surface area contributed by atoms with Crippen LogP contribution in [0.4, 0.5) is 0 Å². The van der Waals surface area contributed by atoms with E-state index in [-0.39, 0.29) is 6.61 Å². The van der Waals surface area contributed by atoms with Crippen molar-refractivity contribution in [3.8, 4) is 0 Å². The van der Waals surface area contributed by atoms with Crippen LogP contribution in [0, 0.1) is 12.3 Å². The number of carbonyl (C=O) groups is 1. The molecule has 0 heterocycles. The normalized spacial score (nSPS) is 14.4. The first kappa shape index (κ1) is 14.5. The van der Waals surface area contributed by atoms with Crippen molar-refractivity contribution in [1.29, 1.82) is 0 Å². The fourth-order valence-corrected chi connectivity index (χ4v) is 1.44. The third-order valence-corrected chi connectivity index (χ3v) is 2.79. The van der Waals surface area contributed by atoms with Crippen molar-refractivity contribution < 1.29 is 14.6 Å². The Morgan fingerprint density at radius 3 is 2.50 bits per heavy atom. The second-order valence-corrected chi connectivity index (χ2v) is 4.54. The Hall–Kier alpha value is -1.61. The largest absolute Gasteiger partial charge is 0.465 e. The summed E-state index contributed by atoms with van der Waals surface area (Å²) >= 11 is 0. The number of carbonyl (C=O) groups excluding carboxylic acids is 1. The molecule has 98 valence electrons. The summed E-state index contributed by atoms with van der Waals surface area (Å²) in [5, 5.41) is 9.35. The molecule has 0 aliphatic carbocycles. The summed E-state index contributed by atoms with van der Waals surface area (Å²) < 4.78 is 4.96. The molecule has 18 heavy (non-hydrogen) atoms. The van der Waals surface area contributed by atoms with Gasteiger partial charge in [0.1, 0.15) is 5.41 Å². The monoisotopic (exact) mass is 248 g/mol. The maximum absolute atomic E-state index is 11.7. The van der Waals surface area contributed by atoms with Gasteiger partial charge in [-0.25, -0.2) is 0 Å². The Balaban J connectivity index is 2.84. The lowest BCUT2D eigenvalue weighted by Crippen LogP contribution is -2.31. The second kappa shape index (κ2) is 6.36. The van der Waals surface area contributed by atoms with E-state index in [1.165, 1.54) is 5.56 Å². The molecule has 0 unspecified atom stereocenters. The van der Waals surface area contributed by atoms with Crippen molar-refractivity contribution in [1.82, 2.24) is 0 Å². The van der Waals surface area contributed by atoms with Gasteiger partial charge in [-0.1, -0.05) is 42.0 Å². The van der Waals surface area contributed by atoms with E-state index in [0.29, 0.717) is 6.61 Å². The molecule has 3 nitrogen and oxygen atoms in total. The van der Waals surface area contributed by atoms with Gasteiger partial charge in [-0.3, -0.25) is 4.79 Å². The maximum Gasteiger partial charge on any atom is 0.318 e. The Kier molecular flexibility index (Phi) is 5.10. The first-order valence-electron chi connectivity index (χ1n) is 6.06. The van der Waals surface area contributed by atoms with Gasteiger partial charge in [-0.05, 0) is 26.3 Å². The molecule has 0 amide bonds. The van der Waals surface area contributed by atoms with Crippen molar-refractivity contribution in [2.24, 2.45) is 5.41 Å². The first-order chi connectivity index (χ1) is 8.51. The van der Waals surface area contributed by atoms with Gasteiger partial charge in [0.2, 0.25) is 0 Å². The molecular formula is C15H20O3. The summed E-state index contributed by atoms with van der Waals surface area (Å²) in [4.78, 5) is 11.7. The van der Waals surface area contributed by atoms with Crippen LogP contribution in [0.1, 0.15) is 25.0 Å². The molecule has 0 aliphatic heterocycles. The van der Waals surface area contributed by atoms with Gasteiger partial charge in [0.05, 0.1) is 13.2 Å². The van der Waals surface area contributed by atoms with Gasteiger partial charge in [0, 0.05) is 0 Å². The summed E-state index contributed by atoms with van der Waals surface area (Å²) in [6, 6.07) is 7.93. The number of aliphatic hydroxyl groups excluding tert-OH is 1. The smallest absolute Gasteiger partial charge is 0.318 e. The van der Waals surface area contributed by atoms with E-state index in [9.17, 15) is 9.90 Å². The summed E-state index contributed by atoms with van der Waals surface area (Å²) in [6.07, 6.45) is 3.52. The predicted octanol–water partition coefficient (Wildman–Crippen LogP) is 2.57. The molecule has 1 aromatic rings. The number of hydrogen-bond donors (Lipinski definition) is 1. The van der Waals surface area contributed by atoms with Crippen LogP contribution in [0.15, 0.2) is 30.3 Å². The molecule has 1 rings (SSSR count). The van der Waals surface area contributed by atoms with E-state index in [2.05, 4.69) is 0 Å². The highest BCUT2D eigenvalue weighted by Gasteiger charge is 2.31. The highest BCUT2D eigenvalue weighted by molar-refractivity contribution is 5.80. The van der Waals surface area contributed by atoms with E-state index in [0.717, 1.165) is 5.56 Å². The van der Waals surface area contributed by atoms with E-state index in [1.54, 1.807) is 19.9 Å². The SMILES string of the molecule is CCOC(=O)[C@@](C)(/C=C/c1ccc(C)cc1)CO. The van der Waals surface area contributed by atoms with Crippen molar-refractivity contribution in [3.63, 3.8) is 0 Å². The number of hydrogen-bond acceptors (Lipinski definition) is 3. The Morgan fingerprint density at radius 2 is 2.00 bits per heavy atom. The number of rotatable bonds is 5. The van der Waals surface area contributed by atoms with Gasteiger partial charge >= 0.3 is 5.97 Å². The Bertz CT molecular complexity index is 420. The number of ether oxygens (including phenoxy) is 1. The molecule has 0 aliphatic rings. The van der Waals surface area contributed by atoms with E-state index >= 15 is 0 Å². The highest BCUT2D eigenvalue weighted by Crippen LogP contribution is 2.21. The lowest BCUT2D eigenvalue weighted by atomic mass is 9.90. The average Bonchev–Trinajstić information content (AvgIpc) is 2.38. The van der Waals surface area contributed by atoms with Gasteiger partial charge in [0.25, 0.3) is 0 Å². The van der Waals surface area contributed by atoms with Crippen molar-refractivity contribution in [2.45, 2.75) is 20.8 Å². The zero-order chi connectivity index (χ0) is 13.6. The van der Waals surface area contributed by atoms with Crippen LogP contribution in [-0.2, 0) is 9.53 Å². The number of aliphatic hydroxyl groups is 1. The minimum atomic E-state index is -0.985. The average molecular weight is 248 g/mol. The molecule has 1 N–H and O–H groups in total. The quantitative estimate of drug-likeness (QED) is 0.815. The molecule has 0 spiro atoms. The van der Waals surface area contributed by atoms with Gasteiger partial charge < -0.3 is 9.84 Å². The van der Waals surface area contributed by atoms with Crippen LogP contribution in [-0.4, -0.2) is 24.3 Å². The fraction of sp³-hybridized carbons (Fsp3) is 0.400. The summed E-state index contributed by atoms with van der Waals surface area (Å²) in [6.45, 7) is 5.47. The Labute approximate surface area is 108 Å². The molecular weight excluding hydrogens is 228 g/mol. The molecule has 1 atom stereocenters. The third-order valence-electron chi connectivity index (χ3n) is 2.79. The van der Waals surface area contributed by atoms with E-state index in [1.807, 2.05) is 37.3 Å². The van der Waals surface area contributed by atoms with Gasteiger partial charge in [-0.15, -0.1) is 0 Å². The molecule has 1 aromatic carbocycles. The summed E-state index contributed by atoms with van der Waals surface area (Å²) in [5.74, 6) is -0.407. The molecule has 0 bridgehead atoms. The minimum absolute atomic E-state index is 0.270. The van der Waals surface area contributed by atoms with E-state index in [4.69, 9.17) is 4.74 Å². The molecule has 0 fully saturated rings. The minimum Gasteiger partial charge on any atom is -0.465 e. The van der Waals surface area contributed by atoms with Crippen LogP contribution in [0.3, 0.4) is 0 Å². The van der Waals surface area contributed by atoms with Crippen LogP contribution in [0.5, 0.6) is 0 Å². The van der Waals surface area contributed by atoms with Crippen molar-refractivity contribution >= 4 is 12.0 Å². The lowest BCUT2D eigenvalue weighted by molar-refractivity contribution is -0.153. The topological polar surface area (TPSA) is 46.5 Å². The van der Waals surface area contributed by atoms with Crippen LogP contribution in [0.2, 0.25) is 0 Å². The van der Waals surface area contributed by atoms with E-state index < -0.39 is 11.4 Å². The van der Waals surface area contributed by atoms with Crippen LogP contribution < -0.4 is 0 Å². The second-order valence-electron chi connectivity index (χ2n) is 4.54. The van der Waals surface area contributed by atoms with Gasteiger partial charge in [-0.2, -0.15) is 0 Å². The molecule has 0 saturated heterocycles. The van der Waals surface area contributed by atoms with Crippen LogP contribution in [0.25, 0.3) is 6.08 Å². The summed E-state index contributed by atoms with van der Waals surface area (Å²) in [7, 11) is 0. The molecule has 0 saturated carbocycles. The highest BCUT2D eigenvalue weighted by atomic mass is 16.5. The van der Waals surface area contributed by atoms with Crippen molar-refractivity contribution in [2.75, 3.05) is 13.2 Å². The molecule has 3 heteroatoms. The summed E-state index contributed by atoms with van der Waals surface area (Å²) in [5.41, 5.74) is 1.19. The van der Waals surface area contributed by atoms with Gasteiger partial charge in [0.15, 0.2) is 0 Å². The third kappa shape index (κ3) is 3.70. The first-order valence-corrected chi connectivity index (χ1v) is 6.06. The standard InChI is InChI=1S/C15H20O3/c1-4-18-14(17)15(3,11-16)10-9-13-7-5-12(2)6-8-13/h5-10,16H,4,11H2,1-3H3/b10-9+/t15-/m0/s1. The zero-order valence-corrected chi connectivity index (χ0v) is 11.1. The number of benzene rings is 1. The molecule has 0 radical (unpaired) electrons. The predicted molar refractivity (Wildman–Crippen MR) is 72.0 cm³/mol. The number of aryl methyl sites for hydroxylation is 1. The maximum atomic E-state index is 11.7.